The highest BCUT2D eigenvalue weighted by Crippen LogP contribution is 2.45. The fraction of sp³-hybridized carbons (Fsp3) is 0.333. The molecule has 1 saturated heterocycles. The third kappa shape index (κ3) is 3.46. The molecule has 1 aromatic carbocycles. The Hall–Kier alpha value is -3.22. The summed E-state index contributed by atoms with van der Waals surface area (Å²) in [6.45, 7) is 2.70. The molecule has 0 amide bonds. The number of piperidine rings is 1. The Morgan fingerprint density at radius 1 is 1.25 bits per heavy atom. The number of nitrogens with two attached hydrogens (primary N) is 1. The number of aromatic amines is 1. The molecule has 12 heteroatoms. The van der Waals surface area contributed by atoms with Gasteiger partial charge in [-0.1, -0.05) is 0 Å². The predicted octanol–water partition coefficient (Wildman–Crippen LogP) is 4.79. The lowest BCUT2D eigenvalue weighted by atomic mass is 10.0. The average Bonchev–Trinajstić information content (AvgIpc) is 3.66. The first kappa shape index (κ1) is 22.0. The van der Waals surface area contributed by atoms with E-state index in [1.807, 2.05) is 6.92 Å². The van der Waals surface area contributed by atoms with Crippen molar-refractivity contribution in [3.63, 3.8) is 0 Å². The summed E-state index contributed by atoms with van der Waals surface area (Å²) in [5.74, 6) is 2.21. The van der Waals surface area contributed by atoms with Crippen LogP contribution >= 0.6 is 23.1 Å². The van der Waals surface area contributed by atoms with Crippen molar-refractivity contribution >= 4 is 56.5 Å². The molecular weight excluding hydrogens is 499 g/mol. The second-order valence-corrected chi connectivity index (χ2v) is 11.7. The van der Waals surface area contributed by atoms with E-state index in [4.69, 9.17) is 20.1 Å². The van der Waals surface area contributed by atoms with Crippen LogP contribution in [0.15, 0.2) is 38.3 Å². The standard InChI is InChI=1S/C24H23FN8OS2/c1-10-7-28-22(34-10)23-29-8-17(35-23)36-24-31-20-18(14-4-12(25)5-16(27-2)19(14)30-20)21(32-24)33-9-11-3-13(33)6-15(11)26/h4-5,7-8,11,13,15,27H,3,6,9,26H2,1-2H3,(H,30,31,32)/t11-,13-,15-/m1/s1. The normalized spacial score (nSPS) is 21.3. The van der Waals surface area contributed by atoms with Crippen molar-refractivity contribution in [1.82, 2.24) is 24.9 Å². The van der Waals surface area contributed by atoms with Gasteiger partial charge in [0.15, 0.2) is 10.2 Å². The van der Waals surface area contributed by atoms with Crippen LogP contribution in [0.3, 0.4) is 0 Å². The first-order valence-electron chi connectivity index (χ1n) is 11.8. The number of halogens is 1. The number of anilines is 2. The topological polar surface area (TPSA) is 122 Å². The molecular formula is C24H23FN8OS2. The molecule has 0 radical (unpaired) electrons. The molecule has 1 saturated carbocycles. The first-order chi connectivity index (χ1) is 17.5. The van der Waals surface area contributed by atoms with Crippen LogP contribution in [-0.2, 0) is 0 Å². The van der Waals surface area contributed by atoms with Crippen LogP contribution in [0.25, 0.3) is 32.8 Å². The van der Waals surface area contributed by atoms with Crippen LogP contribution in [0, 0.1) is 18.7 Å². The number of nitrogens with zero attached hydrogens (tertiary/aromatic N) is 5. The lowest BCUT2D eigenvalue weighted by Crippen LogP contribution is -2.41. The van der Waals surface area contributed by atoms with Crippen LogP contribution in [0.1, 0.15) is 18.6 Å². The van der Waals surface area contributed by atoms with E-state index in [-0.39, 0.29) is 11.9 Å². The molecule has 36 heavy (non-hydrogen) atoms. The molecule has 1 aliphatic carbocycles. The van der Waals surface area contributed by atoms with Gasteiger partial charge in [0.2, 0.25) is 0 Å². The van der Waals surface area contributed by atoms with E-state index in [0.717, 1.165) is 51.5 Å². The van der Waals surface area contributed by atoms with E-state index in [1.54, 1.807) is 25.5 Å². The lowest BCUT2D eigenvalue weighted by molar-refractivity contribution is 0.471. The van der Waals surface area contributed by atoms with Crippen molar-refractivity contribution in [2.45, 2.75) is 41.2 Å². The van der Waals surface area contributed by atoms with E-state index >= 15 is 0 Å². The summed E-state index contributed by atoms with van der Waals surface area (Å²) >= 11 is 2.92. The van der Waals surface area contributed by atoms with Crippen LogP contribution < -0.4 is 16.0 Å². The molecule has 184 valence electrons. The number of aryl methyl sites for hydroxylation is 1. The Kier molecular flexibility index (Phi) is 4.98. The van der Waals surface area contributed by atoms with Crippen LogP contribution in [0.2, 0.25) is 0 Å². The zero-order valence-electron chi connectivity index (χ0n) is 19.6. The Morgan fingerprint density at radius 3 is 2.86 bits per heavy atom. The third-order valence-electron chi connectivity index (χ3n) is 7.10. The van der Waals surface area contributed by atoms with Crippen molar-refractivity contribution in [3.05, 3.63) is 36.1 Å². The van der Waals surface area contributed by atoms with E-state index in [1.165, 1.54) is 29.2 Å². The summed E-state index contributed by atoms with van der Waals surface area (Å²) < 4.78 is 21.1. The number of fused-ring (bicyclic) bond motifs is 5. The molecule has 2 bridgehead atoms. The number of nitrogens with one attached hydrogen (secondary N) is 2. The molecule has 4 N–H and O–H groups in total. The minimum absolute atomic E-state index is 0.225. The molecule has 2 fully saturated rings. The van der Waals surface area contributed by atoms with Gasteiger partial charge in [-0.15, -0.1) is 11.3 Å². The van der Waals surface area contributed by atoms with Gasteiger partial charge in [-0.3, -0.25) is 0 Å². The zero-order valence-corrected chi connectivity index (χ0v) is 21.2. The second-order valence-electron chi connectivity index (χ2n) is 9.37. The van der Waals surface area contributed by atoms with Crippen molar-refractivity contribution in [3.8, 4) is 10.9 Å². The van der Waals surface area contributed by atoms with Crippen molar-refractivity contribution < 1.29 is 8.81 Å². The largest absolute Gasteiger partial charge is 0.440 e. The average molecular weight is 523 g/mol. The maximum atomic E-state index is 14.6. The fourth-order valence-corrected chi connectivity index (χ4v) is 7.24. The maximum absolute atomic E-state index is 14.6. The smallest absolute Gasteiger partial charge is 0.256 e. The SMILES string of the molecule is CNc1cc(F)cc2c1[nH]c1nc(Sc3cnc(-c4ncc(C)o4)s3)nc(N3C[C@H]4C[C@@H]3C[C@H]4N)c12. The van der Waals surface area contributed by atoms with Gasteiger partial charge in [0.1, 0.15) is 23.0 Å². The summed E-state index contributed by atoms with van der Waals surface area (Å²) in [5, 5.41) is 6.01. The Bertz CT molecular complexity index is 1630. The number of aromatic nitrogens is 5. The highest BCUT2D eigenvalue weighted by molar-refractivity contribution is 8.01. The number of benzene rings is 1. The number of rotatable bonds is 5. The molecule has 4 aromatic heterocycles. The number of hydrogen-bond acceptors (Lipinski definition) is 10. The summed E-state index contributed by atoms with van der Waals surface area (Å²) in [5.41, 5.74) is 8.51. The second kappa shape index (κ2) is 8.15. The molecule has 3 atom stereocenters. The first-order valence-corrected chi connectivity index (χ1v) is 13.4. The number of thiazole rings is 1. The van der Waals surface area contributed by atoms with Gasteiger partial charge in [-0.2, -0.15) is 0 Å². The van der Waals surface area contributed by atoms with Crippen molar-refractivity contribution in [2.24, 2.45) is 11.7 Å². The van der Waals surface area contributed by atoms with Gasteiger partial charge in [0.05, 0.1) is 33.2 Å². The summed E-state index contributed by atoms with van der Waals surface area (Å²) in [7, 11) is 1.78. The molecule has 0 spiro atoms. The van der Waals surface area contributed by atoms with Crippen LogP contribution in [0.5, 0.6) is 0 Å². The van der Waals surface area contributed by atoms with Crippen molar-refractivity contribution in [1.29, 1.82) is 0 Å². The monoisotopic (exact) mass is 522 g/mol. The Labute approximate surface area is 213 Å². The predicted molar refractivity (Wildman–Crippen MR) is 139 cm³/mol. The van der Waals surface area contributed by atoms with Gasteiger partial charge in [0, 0.05) is 31.1 Å². The maximum Gasteiger partial charge on any atom is 0.256 e. The van der Waals surface area contributed by atoms with Crippen LogP contribution in [-0.4, -0.2) is 50.6 Å². The van der Waals surface area contributed by atoms with Crippen LogP contribution in [0.4, 0.5) is 15.9 Å². The lowest BCUT2D eigenvalue weighted by Gasteiger charge is -2.31. The quantitative estimate of drug-likeness (QED) is 0.280. The zero-order chi connectivity index (χ0) is 24.6. The van der Waals surface area contributed by atoms with Gasteiger partial charge in [-0.05, 0) is 49.6 Å². The number of H-pyrrole nitrogens is 1. The molecule has 1 aliphatic heterocycles. The summed E-state index contributed by atoms with van der Waals surface area (Å²) in [4.78, 5) is 24.4. The van der Waals surface area contributed by atoms with Gasteiger partial charge in [0.25, 0.3) is 5.89 Å². The summed E-state index contributed by atoms with van der Waals surface area (Å²) in [6, 6.07) is 3.60. The van der Waals surface area contributed by atoms with E-state index in [0.29, 0.717) is 39.3 Å². The molecule has 9 nitrogen and oxygen atoms in total. The van der Waals surface area contributed by atoms with E-state index in [9.17, 15) is 4.39 Å². The fourth-order valence-electron chi connectivity index (χ4n) is 5.48. The molecule has 2 aliphatic rings. The molecule has 0 unspecified atom stereocenters. The minimum atomic E-state index is -0.305. The van der Waals surface area contributed by atoms with Gasteiger partial charge < -0.3 is 25.4 Å². The highest BCUT2D eigenvalue weighted by Gasteiger charge is 2.44. The number of oxazole rings is 1. The Balaban J connectivity index is 1.35. The minimum Gasteiger partial charge on any atom is -0.440 e. The summed E-state index contributed by atoms with van der Waals surface area (Å²) in [6.07, 6.45) is 5.46. The van der Waals surface area contributed by atoms with Crippen molar-refractivity contribution in [2.75, 3.05) is 23.8 Å². The van der Waals surface area contributed by atoms with E-state index < -0.39 is 0 Å². The van der Waals surface area contributed by atoms with Gasteiger partial charge in [-0.25, -0.2) is 24.3 Å². The molecule has 5 aromatic rings. The Morgan fingerprint density at radius 2 is 2.14 bits per heavy atom. The van der Waals surface area contributed by atoms with Gasteiger partial charge >= 0.3 is 0 Å². The number of hydrogen-bond donors (Lipinski definition) is 3. The van der Waals surface area contributed by atoms with E-state index in [2.05, 4.69) is 25.2 Å². The molecule has 7 rings (SSSR count). The highest BCUT2D eigenvalue weighted by atomic mass is 32.2. The third-order valence-corrected chi connectivity index (χ3v) is 9.06. The molecule has 5 heterocycles.